The highest BCUT2D eigenvalue weighted by molar-refractivity contribution is 7.26. The van der Waals surface area contributed by atoms with Crippen molar-refractivity contribution in [3.63, 3.8) is 0 Å². The second-order valence-electron chi connectivity index (χ2n) is 8.31. The van der Waals surface area contributed by atoms with Crippen LogP contribution in [0.1, 0.15) is 17.5 Å². The number of para-hydroxylation sites is 1. The Morgan fingerprint density at radius 2 is 1.53 bits per heavy atom. The number of thiophene rings is 1. The van der Waals surface area contributed by atoms with Gasteiger partial charge in [-0.25, -0.2) is 9.98 Å². The van der Waals surface area contributed by atoms with Gasteiger partial charge in [0, 0.05) is 48.5 Å². The molecular weight excluding hydrogens is 460 g/mol. The molecule has 162 valence electrons. The van der Waals surface area contributed by atoms with Crippen LogP contribution in [0.25, 0.3) is 42.1 Å². The number of allylic oxidation sites excluding steroid dienone is 1. The minimum Gasteiger partial charge on any atom is -0.456 e. The zero-order valence-corrected chi connectivity index (χ0v) is 19.5. The first-order valence-corrected chi connectivity index (χ1v) is 12.3. The van der Waals surface area contributed by atoms with E-state index in [1.54, 1.807) is 11.3 Å². The lowest BCUT2D eigenvalue weighted by atomic mass is 10.0. The first-order chi connectivity index (χ1) is 16.7. The number of furan rings is 1. The molecule has 1 aliphatic rings. The van der Waals surface area contributed by atoms with Crippen molar-refractivity contribution in [2.75, 3.05) is 0 Å². The van der Waals surface area contributed by atoms with E-state index in [4.69, 9.17) is 21.0 Å². The Labute approximate surface area is 204 Å². The van der Waals surface area contributed by atoms with Crippen molar-refractivity contribution < 1.29 is 4.42 Å². The number of hydrogen-bond donors (Lipinski definition) is 0. The smallest absolute Gasteiger partial charge is 0.162 e. The van der Waals surface area contributed by atoms with Crippen molar-refractivity contribution >= 4 is 76.6 Å². The van der Waals surface area contributed by atoms with Crippen molar-refractivity contribution in [3.05, 3.63) is 107 Å². The van der Waals surface area contributed by atoms with Crippen LogP contribution in [0, 0.1) is 0 Å². The zero-order valence-electron chi connectivity index (χ0n) is 18.0. The maximum absolute atomic E-state index is 6.48. The van der Waals surface area contributed by atoms with Gasteiger partial charge in [-0.15, -0.1) is 11.3 Å². The highest BCUT2D eigenvalue weighted by atomic mass is 35.5. The van der Waals surface area contributed by atoms with Crippen LogP contribution in [0.2, 0.25) is 0 Å². The van der Waals surface area contributed by atoms with Crippen LogP contribution >= 0.6 is 22.9 Å². The van der Waals surface area contributed by atoms with E-state index in [1.807, 2.05) is 24.3 Å². The van der Waals surface area contributed by atoms with E-state index in [-0.39, 0.29) is 0 Å². The molecule has 0 atom stereocenters. The molecule has 0 fully saturated rings. The Hall–Kier alpha value is -3.73. The standard InChI is InChI=1S/C29H17ClN2OS/c30-27-15-14-23(17-12-13-19-18-6-1-3-10-24(18)33-25(19)16-17)31-29(32-27)22-9-5-8-21-20-7-2-4-11-26(20)34-28(21)22/h1-13,15-16H,14H2. The van der Waals surface area contributed by atoms with E-state index in [2.05, 4.69) is 71.7 Å². The fourth-order valence-electron chi connectivity index (χ4n) is 4.66. The summed E-state index contributed by atoms with van der Waals surface area (Å²) in [5.74, 6) is 0.635. The third kappa shape index (κ3) is 3.11. The highest BCUT2D eigenvalue weighted by Gasteiger charge is 2.17. The Balaban J connectivity index is 1.40. The first kappa shape index (κ1) is 19.7. The van der Waals surface area contributed by atoms with Crippen LogP contribution in [-0.2, 0) is 0 Å². The van der Waals surface area contributed by atoms with Gasteiger partial charge in [-0.1, -0.05) is 66.2 Å². The van der Waals surface area contributed by atoms with Gasteiger partial charge < -0.3 is 4.42 Å². The number of nitrogens with zero attached hydrogens (tertiary/aromatic N) is 2. The Morgan fingerprint density at radius 3 is 2.47 bits per heavy atom. The van der Waals surface area contributed by atoms with Crippen LogP contribution in [0.4, 0.5) is 0 Å². The van der Waals surface area contributed by atoms with Gasteiger partial charge in [-0.3, -0.25) is 0 Å². The molecule has 0 unspecified atom stereocenters. The zero-order chi connectivity index (χ0) is 22.6. The molecule has 3 heterocycles. The first-order valence-electron chi connectivity index (χ1n) is 11.1. The molecule has 6 aromatic rings. The number of amidine groups is 1. The average molecular weight is 477 g/mol. The molecule has 5 heteroatoms. The Kier molecular flexibility index (Phi) is 4.44. The monoisotopic (exact) mass is 476 g/mol. The lowest BCUT2D eigenvalue weighted by Gasteiger charge is -2.06. The largest absolute Gasteiger partial charge is 0.456 e. The van der Waals surface area contributed by atoms with E-state index in [9.17, 15) is 0 Å². The van der Waals surface area contributed by atoms with Gasteiger partial charge in [0.2, 0.25) is 0 Å². The summed E-state index contributed by atoms with van der Waals surface area (Å²) in [6.45, 7) is 0. The summed E-state index contributed by atoms with van der Waals surface area (Å²) in [4.78, 5) is 9.72. The van der Waals surface area contributed by atoms with Crippen molar-refractivity contribution in [1.29, 1.82) is 0 Å². The third-order valence-electron chi connectivity index (χ3n) is 6.27. The second-order valence-corrected chi connectivity index (χ2v) is 9.75. The normalized spacial score (nSPS) is 14.4. The second kappa shape index (κ2) is 7.66. The summed E-state index contributed by atoms with van der Waals surface area (Å²) >= 11 is 8.25. The lowest BCUT2D eigenvalue weighted by molar-refractivity contribution is 0.669. The molecule has 4 aromatic carbocycles. The summed E-state index contributed by atoms with van der Waals surface area (Å²) in [5, 5.41) is 5.14. The van der Waals surface area contributed by atoms with Gasteiger partial charge in [0.05, 0.1) is 5.71 Å². The fourth-order valence-corrected chi connectivity index (χ4v) is 6.03. The molecule has 34 heavy (non-hydrogen) atoms. The van der Waals surface area contributed by atoms with Crippen molar-refractivity contribution in [2.24, 2.45) is 9.98 Å². The molecule has 1 aliphatic heterocycles. The van der Waals surface area contributed by atoms with Gasteiger partial charge in [-0.05, 0) is 36.4 Å². The van der Waals surface area contributed by atoms with E-state index in [0.717, 1.165) is 38.8 Å². The van der Waals surface area contributed by atoms with Crippen LogP contribution in [0.5, 0.6) is 0 Å². The predicted molar refractivity (Wildman–Crippen MR) is 145 cm³/mol. The maximum Gasteiger partial charge on any atom is 0.162 e. The number of aliphatic imine (C=N–C) groups is 2. The molecule has 0 radical (unpaired) electrons. The van der Waals surface area contributed by atoms with Crippen molar-refractivity contribution in [1.82, 2.24) is 0 Å². The summed E-state index contributed by atoms with van der Waals surface area (Å²) in [6.07, 6.45) is 2.52. The molecule has 2 aromatic heterocycles. The van der Waals surface area contributed by atoms with E-state index in [0.29, 0.717) is 17.4 Å². The van der Waals surface area contributed by atoms with E-state index >= 15 is 0 Å². The Bertz CT molecular complexity index is 1850. The molecule has 3 nitrogen and oxygen atoms in total. The van der Waals surface area contributed by atoms with Crippen molar-refractivity contribution in [3.8, 4) is 0 Å². The topological polar surface area (TPSA) is 37.9 Å². The lowest BCUT2D eigenvalue weighted by Crippen LogP contribution is -2.05. The minimum atomic E-state index is 0.455. The molecular formula is C29H17ClN2OS. The number of halogens is 1. The number of hydrogen-bond acceptors (Lipinski definition) is 4. The summed E-state index contributed by atoms with van der Waals surface area (Å²) < 4.78 is 8.54. The van der Waals surface area contributed by atoms with Gasteiger partial charge in [0.1, 0.15) is 16.3 Å². The van der Waals surface area contributed by atoms with Crippen LogP contribution in [0.3, 0.4) is 0 Å². The Morgan fingerprint density at radius 1 is 0.735 bits per heavy atom. The molecule has 0 saturated heterocycles. The number of rotatable bonds is 2. The van der Waals surface area contributed by atoms with Crippen molar-refractivity contribution in [2.45, 2.75) is 6.42 Å². The highest BCUT2D eigenvalue weighted by Crippen LogP contribution is 2.37. The number of benzene rings is 4. The van der Waals surface area contributed by atoms with Crippen LogP contribution < -0.4 is 0 Å². The van der Waals surface area contributed by atoms with Gasteiger partial charge in [0.25, 0.3) is 0 Å². The quantitative estimate of drug-likeness (QED) is 0.230. The average Bonchev–Trinajstić information content (AvgIpc) is 3.37. The molecule has 0 aliphatic carbocycles. The maximum atomic E-state index is 6.48. The molecule has 0 amide bonds. The van der Waals surface area contributed by atoms with E-state index < -0.39 is 0 Å². The molecule has 0 spiro atoms. The van der Waals surface area contributed by atoms with Gasteiger partial charge in [-0.2, -0.15) is 0 Å². The van der Waals surface area contributed by atoms with E-state index in [1.165, 1.54) is 20.2 Å². The third-order valence-corrected chi connectivity index (χ3v) is 7.73. The number of fused-ring (bicyclic) bond motifs is 6. The molecule has 0 bridgehead atoms. The predicted octanol–water partition coefficient (Wildman–Crippen LogP) is 8.67. The minimum absolute atomic E-state index is 0.455. The summed E-state index contributed by atoms with van der Waals surface area (Å²) in [6, 6.07) is 29.2. The SMILES string of the molecule is ClC1=CCC(c2ccc3c(c2)oc2ccccc23)=NC(c2cccc3c2sc2ccccc23)=N1. The molecule has 0 saturated carbocycles. The summed E-state index contributed by atoms with van der Waals surface area (Å²) in [5.41, 5.74) is 4.65. The fraction of sp³-hybridized carbons (Fsp3) is 0.0345. The molecule has 7 rings (SSSR count). The summed E-state index contributed by atoms with van der Waals surface area (Å²) in [7, 11) is 0. The van der Waals surface area contributed by atoms with Gasteiger partial charge >= 0.3 is 0 Å². The van der Waals surface area contributed by atoms with Crippen LogP contribution in [0.15, 0.2) is 111 Å². The molecule has 0 N–H and O–H groups in total. The van der Waals surface area contributed by atoms with Crippen LogP contribution in [-0.4, -0.2) is 11.5 Å². The van der Waals surface area contributed by atoms with Gasteiger partial charge in [0.15, 0.2) is 5.84 Å².